The lowest BCUT2D eigenvalue weighted by molar-refractivity contribution is 0.447. The molecule has 0 aliphatic heterocycles. The Morgan fingerprint density at radius 3 is 2.72 bits per heavy atom. The van der Waals surface area contributed by atoms with Crippen molar-refractivity contribution in [2.24, 2.45) is 0 Å². The summed E-state index contributed by atoms with van der Waals surface area (Å²) in [5.41, 5.74) is 0.920. The molecule has 0 saturated carbocycles. The van der Waals surface area contributed by atoms with Gasteiger partial charge in [0.05, 0.1) is 0 Å². The maximum absolute atomic E-state index is 13.1. The van der Waals surface area contributed by atoms with Crippen LogP contribution in [0.3, 0.4) is 0 Å². The zero-order valence-corrected chi connectivity index (χ0v) is 12.1. The molecule has 1 rings (SSSR count). The standard InChI is InChI=1S/C15H23ClFN/c1-3-6-14(18-4-2)8-5-7-12-11-13(17)9-10-15(12)16/h9-11,14,18H,3-8H2,1-2H3. The summed E-state index contributed by atoms with van der Waals surface area (Å²) in [4.78, 5) is 0. The van der Waals surface area contributed by atoms with Crippen LogP contribution in [0.4, 0.5) is 4.39 Å². The number of hydrogen-bond acceptors (Lipinski definition) is 1. The van der Waals surface area contributed by atoms with Gasteiger partial charge in [-0.15, -0.1) is 0 Å². The number of rotatable bonds is 8. The van der Waals surface area contributed by atoms with Gasteiger partial charge in [-0.1, -0.05) is 31.9 Å². The van der Waals surface area contributed by atoms with Crippen molar-refractivity contribution in [2.45, 2.75) is 52.0 Å². The highest BCUT2D eigenvalue weighted by atomic mass is 35.5. The first-order chi connectivity index (χ1) is 8.67. The molecule has 0 aromatic heterocycles. The van der Waals surface area contributed by atoms with Gasteiger partial charge in [-0.2, -0.15) is 0 Å². The summed E-state index contributed by atoms with van der Waals surface area (Å²) in [5, 5.41) is 4.16. The molecule has 1 nitrogen and oxygen atoms in total. The van der Waals surface area contributed by atoms with Gasteiger partial charge in [0.1, 0.15) is 5.82 Å². The summed E-state index contributed by atoms with van der Waals surface area (Å²) in [6.07, 6.45) is 5.40. The smallest absolute Gasteiger partial charge is 0.123 e. The number of hydrogen-bond donors (Lipinski definition) is 1. The van der Waals surface area contributed by atoms with E-state index in [4.69, 9.17) is 11.6 Å². The average molecular weight is 272 g/mol. The first-order valence-corrected chi connectivity index (χ1v) is 7.22. The molecule has 0 spiro atoms. The molecule has 1 aromatic carbocycles. The van der Waals surface area contributed by atoms with Crippen LogP contribution in [0, 0.1) is 5.82 Å². The van der Waals surface area contributed by atoms with E-state index in [1.807, 2.05) is 0 Å². The number of halogens is 2. The lowest BCUT2D eigenvalue weighted by Gasteiger charge is -2.17. The second kappa shape index (κ2) is 8.49. The molecule has 3 heteroatoms. The molecule has 102 valence electrons. The molecule has 0 aliphatic carbocycles. The fraction of sp³-hybridized carbons (Fsp3) is 0.600. The average Bonchev–Trinajstić information content (AvgIpc) is 2.34. The van der Waals surface area contributed by atoms with E-state index in [9.17, 15) is 4.39 Å². The second-order valence-corrected chi connectivity index (χ2v) is 5.08. The van der Waals surface area contributed by atoms with Gasteiger partial charge < -0.3 is 5.32 Å². The van der Waals surface area contributed by atoms with E-state index in [-0.39, 0.29) is 5.82 Å². The van der Waals surface area contributed by atoms with E-state index in [2.05, 4.69) is 19.2 Å². The van der Waals surface area contributed by atoms with Crippen molar-refractivity contribution in [1.82, 2.24) is 5.32 Å². The molecule has 1 atom stereocenters. The largest absolute Gasteiger partial charge is 0.314 e. The van der Waals surface area contributed by atoms with Crippen LogP contribution in [-0.2, 0) is 6.42 Å². The Hall–Kier alpha value is -0.600. The highest BCUT2D eigenvalue weighted by Gasteiger charge is 2.07. The van der Waals surface area contributed by atoms with Crippen LogP contribution in [0.5, 0.6) is 0 Å². The monoisotopic (exact) mass is 271 g/mol. The van der Waals surface area contributed by atoms with Gasteiger partial charge in [-0.3, -0.25) is 0 Å². The molecule has 1 unspecified atom stereocenters. The van der Waals surface area contributed by atoms with Crippen LogP contribution in [0.25, 0.3) is 0 Å². The van der Waals surface area contributed by atoms with E-state index in [1.165, 1.54) is 18.9 Å². The molecule has 1 aromatic rings. The van der Waals surface area contributed by atoms with E-state index in [0.29, 0.717) is 11.1 Å². The van der Waals surface area contributed by atoms with Crippen LogP contribution < -0.4 is 5.32 Å². The summed E-state index contributed by atoms with van der Waals surface area (Å²) in [5.74, 6) is -0.203. The van der Waals surface area contributed by atoms with Gasteiger partial charge in [-0.05, 0) is 56.0 Å². The van der Waals surface area contributed by atoms with Gasteiger partial charge in [-0.25, -0.2) is 4.39 Å². The van der Waals surface area contributed by atoms with E-state index < -0.39 is 0 Å². The molecule has 0 heterocycles. The minimum Gasteiger partial charge on any atom is -0.314 e. The minimum atomic E-state index is -0.203. The van der Waals surface area contributed by atoms with Crippen molar-refractivity contribution in [3.63, 3.8) is 0 Å². The van der Waals surface area contributed by atoms with Crippen molar-refractivity contribution in [1.29, 1.82) is 0 Å². The second-order valence-electron chi connectivity index (χ2n) is 4.67. The molecule has 0 fully saturated rings. The molecular formula is C15H23ClFN. The van der Waals surface area contributed by atoms with Gasteiger partial charge >= 0.3 is 0 Å². The maximum Gasteiger partial charge on any atom is 0.123 e. The normalized spacial score (nSPS) is 12.7. The first-order valence-electron chi connectivity index (χ1n) is 6.84. The third-order valence-electron chi connectivity index (χ3n) is 3.14. The molecule has 0 bridgehead atoms. The summed E-state index contributed by atoms with van der Waals surface area (Å²) < 4.78 is 13.1. The van der Waals surface area contributed by atoms with E-state index in [1.54, 1.807) is 12.1 Å². The topological polar surface area (TPSA) is 12.0 Å². The van der Waals surface area contributed by atoms with Crippen LogP contribution in [0.1, 0.15) is 45.1 Å². The van der Waals surface area contributed by atoms with Crippen molar-refractivity contribution in [2.75, 3.05) is 6.54 Å². The zero-order valence-electron chi connectivity index (χ0n) is 11.3. The molecular weight excluding hydrogens is 249 g/mol. The fourth-order valence-electron chi connectivity index (χ4n) is 2.26. The van der Waals surface area contributed by atoms with Crippen LogP contribution in [-0.4, -0.2) is 12.6 Å². The summed E-state index contributed by atoms with van der Waals surface area (Å²) >= 11 is 6.05. The van der Waals surface area contributed by atoms with E-state index in [0.717, 1.165) is 31.4 Å². The van der Waals surface area contributed by atoms with Crippen molar-refractivity contribution in [3.05, 3.63) is 34.6 Å². The van der Waals surface area contributed by atoms with Crippen LogP contribution >= 0.6 is 11.6 Å². The number of benzene rings is 1. The first kappa shape index (κ1) is 15.5. The Bertz CT molecular complexity index is 348. The molecule has 18 heavy (non-hydrogen) atoms. The zero-order chi connectivity index (χ0) is 13.4. The maximum atomic E-state index is 13.1. The number of aryl methyl sites for hydroxylation is 1. The summed E-state index contributed by atoms with van der Waals surface area (Å²) in [6.45, 7) is 5.34. The Balaban J connectivity index is 2.41. The molecule has 0 radical (unpaired) electrons. The van der Waals surface area contributed by atoms with Crippen LogP contribution in [0.15, 0.2) is 18.2 Å². The third-order valence-corrected chi connectivity index (χ3v) is 3.51. The lowest BCUT2D eigenvalue weighted by atomic mass is 10.0. The van der Waals surface area contributed by atoms with Gasteiger partial charge in [0.15, 0.2) is 0 Å². The quantitative estimate of drug-likeness (QED) is 0.730. The fourth-order valence-corrected chi connectivity index (χ4v) is 2.47. The number of nitrogens with one attached hydrogen (secondary N) is 1. The predicted octanol–water partition coefficient (Wildman–Crippen LogP) is 4.58. The summed E-state index contributed by atoms with van der Waals surface area (Å²) in [6, 6.07) is 5.17. The van der Waals surface area contributed by atoms with Crippen molar-refractivity contribution in [3.8, 4) is 0 Å². The lowest BCUT2D eigenvalue weighted by Crippen LogP contribution is -2.28. The van der Waals surface area contributed by atoms with Crippen LogP contribution in [0.2, 0.25) is 5.02 Å². The van der Waals surface area contributed by atoms with Gasteiger partial charge in [0, 0.05) is 11.1 Å². The molecule has 0 amide bonds. The summed E-state index contributed by atoms with van der Waals surface area (Å²) in [7, 11) is 0. The predicted molar refractivity (Wildman–Crippen MR) is 76.7 cm³/mol. The highest BCUT2D eigenvalue weighted by molar-refractivity contribution is 6.31. The SMILES string of the molecule is CCCC(CCCc1cc(F)ccc1Cl)NCC. The molecule has 0 saturated heterocycles. The van der Waals surface area contributed by atoms with Crippen molar-refractivity contribution >= 4 is 11.6 Å². The Morgan fingerprint density at radius 1 is 1.28 bits per heavy atom. The van der Waals surface area contributed by atoms with Crippen molar-refractivity contribution < 1.29 is 4.39 Å². The van der Waals surface area contributed by atoms with Gasteiger partial charge in [0.25, 0.3) is 0 Å². The Kier molecular flexibility index (Phi) is 7.29. The van der Waals surface area contributed by atoms with E-state index >= 15 is 0 Å². The van der Waals surface area contributed by atoms with Gasteiger partial charge in [0.2, 0.25) is 0 Å². The minimum absolute atomic E-state index is 0.203. The molecule has 0 aliphatic rings. The third kappa shape index (κ3) is 5.36. The highest BCUT2D eigenvalue weighted by Crippen LogP contribution is 2.19. The molecule has 1 N–H and O–H groups in total. The Labute approximate surface area is 115 Å². The Morgan fingerprint density at radius 2 is 2.06 bits per heavy atom.